The molecule has 1 unspecified atom stereocenters. The number of benzene rings is 1. The van der Waals surface area contributed by atoms with Crippen molar-refractivity contribution in [1.29, 1.82) is 0 Å². The summed E-state index contributed by atoms with van der Waals surface area (Å²) in [6.45, 7) is 7.85. The second-order valence-electron chi connectivity index (χ2n) is 16.6. The molecule has 1 aromatic rings. The lowest BCUT2D eigenvalue weighted by Gasteiger charge is -2.35. The zero-order chi connectivity index (χ0) is 39.9. The van der Waals surface area contributed by atoms with Gasteiger partial charge >= 0.3 is 12.1 Å². The average molecular weight is 766 g/mol. The number of hydrogen-bond acceptors (Lipinski definition) is 8. The fourth-order valence-electron chi connectivity index (χ4n) is 7.83. The van der Waals surface area contributed by atoms with Crippen LogP contribution in [0.2, 0.25) is 0 Å². The monoisotopic (exact) mass is 765 g/mol. The van der Waals surface area contributed by atoms with Crippen molar-refractivity contribution in [1.82, 2.24) is 36.4 Å². The van der Waals surface area contributed by atoms with Crippen molar-refractivity contribution < 1.29 is 38.3 Å². The van der Waals surface area contributed by atoms with Gasteiger partial charge in [0.1, 0.15) is 24.2 Å². The second-order valence-corrected chi connectivity index (χ2v) is 16.6. The number of urea groups is 1. The van der Waals surface area contributed by atoms with Crippen LogP contribution in [0.4, 0.5) is 9.59 Å². The quantitative estimate of drug-likeness (QED) is 0.189. The Morgan fingerprint density at radius 3 is 2.22 bits per heavy atom. The molecule has 3 fully saturated rings. The Morgan fingerprint density at radius 2 is 1.58 bits per heavy atom. The molecular formula is C40H59N7O8. The van der Waals surface area contributed by atoms with E-state index in [4.69, 9.17) is 4.74 Å². The van der Waals surface area contributed by atoms with Gasteiger partial charge in [-0.05, 0) is 61.0 Å². The van der Waals surface area contributed by atoms with Gasteiger partial charge in [0, 0.05) is 32.6 Å². The van der Waals surface area contributed by atoms with E-state index in [9.17, 15) is 33.6 Å². The van der Waals surface area contributed by atoms with Gasteiger partial charge in [0.2, 0.25) is 23.5 Å². The van der Waals surface area contributed by atoms with Crippen LogP contribution in [0.15, 0.2) is 24.3 Å². The molecule has 15 heteroatoms. The van der Waals surface area contributed by atoms with Crippen LogP contribution in [0, 0.1) is 11.3 Å². The topological polar surface area (TPSA) is 195 Å². The largest absolute Gasteiger partial charge is 0.444 e. The van der Waals surface area contributed by atoms with Crippen molar-refractivity contribution in [3.63, 3.8) is 0 Å². The first kappa shape index (κ1) is 41.5. The number of ether oxygens (including phenoxy) is 1. The summed E-state index contributed by atoms with van der Waals surface area (Å²) in [6, 6.07) is 2.84. The van der Waals surface area contributed by atoms with E-state index in [0.29, 0.717) is 25.9 Å². The highest BCUT2D eigenvalue weighted by Gasteiger charge is 2.46. The van der Waals surface area contributed by atoms with E-state index in [1.54, 1.807) is 25.7 Å². The zero-order valence-corrected chi connectivity index (χ0v) is 32.9. The molecule has 5 atom stereocenters. The van der Waals surface area contributed by atoms with Crippen LogP contribution < -0.4 is 26.6 Å². The maximum absolute atomic E-state index is 14.3. The van der Waals surface area contributed by atoms with Crippen LogP contribution >= 0.6 is 0 Å². The summed E-state index contributed by atoms with van der Waals surface area (Å²) in [5, 5.41) is 13.8. The fourth-order valence-corrected chi connectivity index (χ4v) is 7.83. The number of carbonyl (C=O) groups excluding carboxylic acids is 7. The highest BCUT2D eigenvalue weighted by atomic mass is 16.6. The first-order valence-corrected chi connectivity index (χ1v) is 20.0. The van der Waals surface area contributed by atoms with E-state index in [0.717, 1.165) is 56.1 Å². The lowest BCUT2D eigenvalue weighted by molar-refractivity contribution is -0.139. The minimum Gasteiger partial charge on any atom is -0.444 e. The van der Waals surface area contributed by atoms with Gasteiger partial charge in [-0.25, -0.2) is 9.59 Å². The smallest absolute Gasteiger partial charge is 0.410 e. The molecule has 4 aliphatic rings. The van der Waals surface area contributed by atoms with Crippen LogP contribution in [0.25, 0.3) is 0 Å². The molecule has 302 valence electrons. The van der Waals surface area contributed by atoms with Crippen molar-refractivity contribution in [2.75, 3.05) is 20.1 Å². The Hall–Kier alpha value is -4.69. The molecule has 0 spiro atoms. The number of Topliss-reactive ketones (excluding diaryl/α,β-unsaturated/α-hetero) is 1. The van der Waals surface area contributed by atoms with E-state index in [1.165, 1.54) is 11.9 Å². The molecule has 5 rings (SSSR count). The Balaban J connectivity index is 1.34. The van der Waals surface area contributed by atoms with Gasteiger partial charge in [0.25, 0.3) is 5.91 Å². The Labute approximate surface area is 323 Å². The molecule has 1 saturated heterocycles. The number of fused-ring (bicyclic) bond motifs is 1. The highest BCUT2D eigenvalue weighted by Crippen LogP contribution is 2.29. The van der Waals surface area contributed by atoms with Crippen molar-refractivity contribution in [2.45, 2.75) is 141 Å². The molecule has 2 aliphatic heterocycles. The second kappa shape index (κ2) is 18.3. The molecule has 2 aliphatic carbocycles. The number of rotatable bonds is 13. The molecule has 5 N–H and O–H groups in total. The van der Waals surface area contributed by atoms with Crippen molar-refractivity contribution in [3.8, 4) is 0 Å². The lowest BCUT2D eigenvalue weighted by atomic mass is 9.82. The molecule has 15 nitrogen and oxygen atoms in total. The third kappa shape index (κ3) is 10.8. The molecule has 0 radical (unpaired) electrons. The maximum atomic E-state index is 14.3. The third-order valence-corrected chi connectivity index (χ3v) is 11.2. The molecule has 7 amide bonds. The average Bonchev–Trinajstić information content (AvgIpc) is 3.89. The first-order valence-electron chi connectivity index (χ1n) is 20.0. The summed E-state index contributed by atoms with van der Waals surface area (Å²) in [5.41, 5.74) is 1.36. The van der Waals surface area contributed by atoms with Crippen LogP contribution in [-0.2, 0) is 41.7 Å². The summed E-state index contributed by atoms with van der Waals surface area (Å²) in [4.78, 5) is 97.4. The number of likely N-dealkylation sites (N-methyl/N-ethyl adjacent to an activating group) is 1. The lowest BCUT2D eigenvalue weighted by Crippen LogP contribution is -2.61. The van der Waals surface area contributed by atoms with Gasteiger partial charge in [-0.2, -0.15) is 0 Å². The fraction of sp³-hybridized carbons (Fsp3) is 0.675. The highest BCUT2D eigenvalue weighted by molar-refractivity contribution is 6.38. The summed E-state index contributed by atoms with van der Waals surface area (Å²) < 4.78 is 5.92. The maximum Gasteiger partial charge on any atom is 0.410 e. The first-order chi connectivity index (χ1) is 26.2. The van der Waals surface area contributed by atoms with Crippen LogP contribution in [0.1, 0.15) is 103 Å². The molecule has 2 saturated carbocycles. The predicted molar refractivity (Wildman–Crippen MR) is 203 cm³/mol. The number of hydrogen-bond donors (Lipinski definition) is 5. The summed E-state index contributed by atoms with van der Waals surface area (Å²) in [7, 11) is 1.53. The summed E-state index contributed by atoms with van der Waals surface area (Å²) >= 11 is 0. The van der Waals surface area contributed by atoms with Gasteiger partial charge in [-0.15, -0.1) is 0 Å². The number of amides is 7. The Kier molecular flexibility index (Phi) is 13.8. The van der Waals surface area contributed by atoms with Crippen molar-refractivity contribution in [3.05, 3.63) is 35.4 Å². The number of nitrogens with one attached hydrogen (secondary N) is 5. The molecular weight excluding hydrogens is 706 g/mol. The van der Waals surface area contributed by atoms with Gasteiger partial charge in [0.15, 0.2) is 0 Å². The Morgan fingerprint density at radius 1 is 0.891 bits per heavy atom. The van der Waals surface area contributed by atoms with Crippen molar-refractivity contribution >= 4 is 41.5 Å². The van der Waals surface area contributed by atoms with Crippen molar-refractivity contribution in [2.24, 2.45) is 11.3 Å². The molecule has 0 bridgehead atoms. The van der Waals surface area contributed by atoms with E-state index in [2.05, 4.69) is 26.6 Å². The van der Waals surface area contributed by atoms with Crippen LogP contribution in [0.5, 0.6) is 0 Å². The zero-order valence-electron chi connectivity index (χ0n) is 32.9. The number of carbonyl (C=O) groups is 7. The van der Waals surface area contributed by atoms with Gasteiger partial charge < -0.3 is 41.1 Å². The normalized spacial score (nSPS) is 21.6. The minimum absolute atomic E-state index is 0.0445. The van der Waals surface area contributed by atoms with Gasteiger partial charge in [-0.3, -0.25) is 24.0 Å². The van der Waals surface area contributed by atoms with Gasteiger partial charge in [0.05, 0.1) is 12.6 Å². The van der Waals surface area contributed by atoms with Crippen LogP contribution in [0.3, 0.4) is 0 Å². The van der Waals surface area contributed by atoms with E-state index in [1.807, 2.05) is 31.2 Å². The van der Waals surface area contributed by atoms with Crippen LogP contribution in [-0.4, -0.2) is 108 Å². The predicted octanol–water partition coefficient (Wildman–Crippen LogP) is 2.69. The van der Waals surface area contributed by atoms with E-state index in [-0.39, 0.29) is 37.3 Å². The minimum atomic E-state index is -1.19. The standard InChI is InChI=1S/C40H59N7O8/c1-6-12-29(32(48)36(51)42-27-17-18-27)43-38(53)47-23-28(55-39(54)46-20-19-24-13-10-11-16-26(24)22-46)21-30(47)34(49)45-33(40(2,3)4)37(52)44-31(35(50)41-5)25-14-8-7-9-15-25/h10-11,13,16,25,27-31,33H,6-9,12,14-15,17-23H2,1-5H3,(H,41,50)(H,42,51)(H,43,53)(H,44,52)(H,45,49)/t28-,29?,30+,31-,33+/m0/s1. The van der Waals surface area contributed by atoms with E-state index < -0.39 is 71.3 Å². The Bertz CT molecular complexity index is 1600. The molecule has 0 aromatic heterocycles. The van der Waals surface area contributed by atoms with E-state index >= 15 is 0 Å². The third-order valence-electron chi connectivity index (χ3n) is 11.2. The number of likely N-dealkylation sites (tertiary alicyclic amines) is 1. The SMILES string of the molecule is CCCC(NC(=O)N1C[C@@H](OC(=O)N2CCc3ccccc3C2)C[C@@H]1C(=O)N[C@H](C(=O)N[C@H](C(=O)NC)C1CCCCC1)C(C)(C)C)C(=O)C(=O)NC1CC1. The summed E-state index contributed by atoms with van der Waals surface area (Å²) in [6.07, 6.45) is 5.99. The molecule has 1 aromatic carbocycles. The van der Waals surface area contributed by atoms with Gasteiger partial charge in [-0.1, -0.05) is 77.6 Å². The molecule has 55 heavy (non-hydrogen) atoms. The molecule has 2 heterocycles. The number of nitrogens with zero attached hydrogens (tertiary/aromatic N) is 2. The number of ketones is 1. The summed E-state index contributed by atoms with van der Waals surface area (Å²) in [5.74, 6) is -3.08.